The highest BCUT2D eigenvalue weighted by molar-refractivity contribution is 6.76. The SMILES string of the molecule is C[Si](C)(C)CCOC(C#N)c1[nH]ncc1C(=O)O. The molecule has 1 unspecified atom stereocenters. The topological polar surface area (TPSA) is 99.0 Å². The molecule has 1 atom stereocenters. The van der Waals surface area contributed by atoms with Gasteiger partial charge < -0.3 is 9.84 Å². The molecule has 7 heteroatoms. The predicted octanol–water partition coefficient (Wildman–Crippen LogP) is 2.03. The minimum atomic E-state index is -1.23. The van der Waals surface area contributed by atoms with E-state index in [1.807, 2.05) is 6.07 Å². The zero-order valence-corrected chi connectivity index (χ0v) is 11.7. The van der Waals surface area contributed by atoms with Crippen LogP contribution >= 0.6 is 0 Å². The van der Waals surface area contributed by atoms with Crippen LogP contribution in [0.2, 0.25) is 25.7 Å². The van der Waals surface area contributed by atoms with Gasteiger partial charge in [0.2, 0.25) is 0 Å². The van der Waals surface area contributed by atoms with Crippen LogP contribution in [0.15, 0.2) is 6.20 Å². The van der Waals surface area contributed by atoms with E-state index in [0.29, 0.717) is 6.61 Å². The number of carboxylic acid groups (broad SMARTS) is 1. The molecule has 18 heavy (non-hydrogen) atoms. The van der Waals surface area contributed by atoms with Crippen molar-refractivity contribution in [1.29, 1.82) is 5.26 Å². The molecule has 0 aromatic carbocycles. The molecular formula is C11H17N3O3Si. The number of nitrogens with zero attached hydrogens (tertiary/aromatic N) is 2. The molecule has 0 bridgehead atoms. The predicted molar refractivity (Wildman–Crippen MR) is 68.0 cm³/mol. The molecule has 0 aliphatic heterocycles. The quantitative estimate of drug-likeness (QED) is 0.768. The lowest BCUT2D eigenvalue weighted by Gasteiger charge is -2.17. The molecule has 0 aliphatic rings. The second kappa shape index (κ2) is 5.80. The van der Waals surface area contributed by atoms with Gasteiger partial charge in [-0.05, 0) is 6.04 Å². The number of ether oxygens (including phenoxy) is 1. The number of carbonyl (C=O) groups is 1. The third-order valence-corrected chi connectivity index (χ3v) is 4.12. The molecule has 0 saturated carbocycles. The molecule has 98 valence electrons. The first-order valence-corrected chi connectivity index (χ1v) is 9.33. The maximum Gasteiger partial charge on any atom is 0.339 e. The van der Waals surface area contributed by atoms with Gasteiger partial charge in [-0.15, -0.1) is 0 Å². The first-order chi connectivity index (χ1) is 8.35. The van der Waals surface area contributed by atoms with Gasteiger partial charge in [0.1, 0.15) is 11.6 Å². The van der Waals surface area contributed by atoms with E-state index >= 15 is 0 Å². The number of aromatic carboxylic acids is 1. The molecule has 0 amide bonds. The lowest BCUT2D eigenvalue weighted by molar-refractivity contribution is 0.0678. The fraction of sp³-hybridized carbons (Fsp3) is 0.545. The van der Waals surface area contributed by atoms with Crippen molar-refractivity contribution in [2.45, 2.75) is 31.8 Å². The smallest absolute Gasteiger partial charge is 0.339 e. The van der Waals surface area contributed by atoms with E-state index in [1.165, 1.54) is 6.20 Å². The van der Waals surface area contributed by atoms with Crippen LogP contribution in [0.1, 0.15) is 22.2 Å². The van der Waals surface area contributed by atoms with Gasteiger partial charge in [-0.2, -0.15) is 10.4 Å². The third kappa shape index (κ3) is 3.98. The van der Waals surface area contributed by atoms with E-state index in [4.69, 9.17) is 15.1 Å². The number of nitrogens with one attached hydrogen (secondary N) is 1. The summed E-state index contributed by atoms with van der Waals surface area (Å²) >= 11 is 0. The monoisotopic (exact) mass is 267 g/mol. The number of nitriles is 1. The van der Waals surface area contributed by atoms with Crippen molar-refractivity contribution in [2.75, 3.05) is 6.61 Å². The molecule has 0 aliphatic carbocycles. The summed E-state index contributed by atoms with van der Waals surface area (Å²) in [5.74, 6) is -1.12. The Labute approximate surface area is 107 Å². The highest BCUT2D eigenvalue weighted by atomic mass is 28.3. The van der Waals surface area contributed by atoms with Crippen LogP contribution in [-0.2, 0) is 4.74 Å². The first-order valence-electron chi connectivity index (χ1n) is 5.63. The van der Waals surface area contributed by atoms with Crippen molar-refractivity contribution >= 4 is 14.0 Å². The van der Waals surface area contributed by atoms with E-state index in [2.05, 4.69) is 29.8 Å². The van der Waals surface area contributed by atoms with Gasteiger partial charge in [0.15, 0.2) is 6.10 Å². The molecule has 0 radical (unpaired) electrons. The number of carboxylic acids is 1. The lowest BCUT2D eigenvalue weighted by atomic mass is 10.2. The van der Waals surface area contributed by atoms with Crippen LogP contribution in [0, 0.1) is 11.3 Å². The summed E-state index contributed by atoms with van der Waals surface area (Å²) in [6.45, 7) is 7.07. The molecule has 6 nitrogen and oxygen atoms in total. The van der Waals surface area contributed by atoms with Crippen LogP contribution in [0.25, 0.3) is 0 Å². The highest BCUT2D eigenvalue weighted by Crippen LogP contribution is 2.20. The summed E-state index contributed by atoms with van der Waals surface area (Å²) in [6.07, 6.45) is 0.277. The van der Waals surface area contributed by atoms with Gasteiger partial charge in [0.25, 0.3) is 0 Å². The number of hydrogen-bond donors (Lipinski definition) is 2. The third-order valence-electron chi connectivity index (χ3n) is 2.42. The van der Waals surface area contributed by atoms with Gasteiger partial charge in [0, 0.05) is 14.7 Å². The Morgan fingerprint density at radius 1 is 1.67 bits per heavy atom. The minimum absolute atomic E-state index is 0.0189. The maximum absolute atomic E-state index is 10.9. The molecule has 0 spiro atoms. The van der Waals surface area contributed by atoms with Crippen LogP contribution in [0.5, 0.6) is 0 Å². The lowest BCUT2D eigenvalue weighted by Crippen LogP contribution is -2.22. The summed E-state index contributed by atoms with van der Waals surface area (Å²) in [5, 5.41) is 24.1. The number of hydrogen-bond acceptors (Lipinski definition) is 4. The summed E-state index contributed by atoms with van der Waals surface area (Å²) in [6, 6.07) is 2.86. The Balaban J connectivity index is 2.70. The zero-order chi connectivity index (χ0) is 13.8. The van der Waals surface area contributed by atoms with Crippen molar-refractivity contribution in [3.63, 3.8) is 0 Å². The molecule has 1 aromatic heterocycles. The van der Waals surface area contributed by atoms with Gasteiger partial charge in [0.05, 0.1) is 11.9 Å². The standard InChI is InChI=1S/C11H17N3O3Si/c1-18(2,3)5-4-17-9(6-12)10-8(11(15)16)7-13-14-10/h7,9H,4-5H2,1-3H3,(H,13,14)(H,15,16). The van der Waals surface area contributed by atoms with Crippen LogP contribution in [0.3, 0.4) is 0 Å². The Kier molecular flexibility index (Phi) is 4.64. The molecule has 0 fully saturated rings. The van der Waals surface area contributed by atoms with Gasteiger partial charge in [-0.25, -0.2) is 4.79 Å². The zero-order valence-electron chi connectivity index (χ0n) is 10.7. The van der Waals surface area contributed by atoms with Gasteiger partial charge >= 0.3 is 5.97 Å². The van der Waals surface area contributed by atoms with Crippen molar-refractivity contribution < 1.29 is 14.6 Å². The minimum Gasteiger partial charge on any atom is -0.478 e. The largest absolute Gasteiger partial charge is 0.478 e. The Morgan fingerprint density at radius 2 is 2.33 bits per heavy atom. The van der Waals surface area contributed by atoms with E-state index < -0.39 is 20.1 Å². The molecular weight excluding hydrogens is 250 g/mol. The molecule has 1 heterocycles. The summed E-state index contributed by atoms with van der Waals surface area (Å²) in [7, 11) is -1.23. The summed E-state index contributed by atoms with van der Waals surface area (Å²) in [5.41, 5.74) is 0.190. The van der Waals surface area contributed by atoms with E-state index in [0.717, 1.165) is 6.04 Å². The molecule has 2 N–H and O–H groups in total. The second-order valence-corrected chi connectivity index (χ2v) is 10.8. The Bertz CT molecular complexity index is 459. The fourth-order valence-electron chi connectivity index (χ4n) is 1.33. The maximum atomic E-state index is 10.9. The number of rotatable bonds is 6. The van der Waals surface area contributed by atoms with Crippen molar-refractivity contribution in [3.8, 4) is 6.07 Å². The van der Waals surface area contributed by atoms with E-state index in [9.17, 15) is 4.79 Å². The van der Waals surface area contributed by atoms with Crippen LogP contribution in [-0.4, -0.2) is 36.0 Å². The fourth-order valence-corrected chi connectivity index (χ4v) is 2.06. The van der Waals surface area contributed by atoms with E-state index in [-0.39, 0.29) is 11.3 Å². The Morgan fingerprint density at radius 3 is 2.83 bits per heavy atom. The highest BCUT2D eigenvalue weighted by Gasteiger charge is 2.22. The van der Waals surface area contributed by atoms with Crippen LogP contribution < -0.4 is 0 Å². The second-order valence-electron chi connectivity index (χ2n) is 5.19. The molecule has 1 rings (SSSR count). The van der Waals surface area contributed by atoms with Crippen molar-refractivity contribution in [3.05, 3.63) is 17.5 Å². The van der Waals surface area contributed by atoms with Crippen molar-refractivity contribution in [2.24, 2.45) is 0 Å². The van der Waals surface area contributed by atoms with Gasteiger partial charge in [-0.3, -0.25) is 5.10 Å². The average Bonchev–Trinajstić information content (AvgIpc) is 2.71. The summed E-state index contributed by atoms with van der Waals surface area (Å²) in [4.78, 5) is 10.9. The van der Waals surface area contributed by atoms with Crippen LogP contribution in [0.4, 0.5) is 0 Å². The van der Waals surface area contributed by atoms with Crippen molar-refractivity contribution in [1.82, 2.24) is 10.2 Å². The first kappa shape index (κ1) is 14.4. The number of aromatic nitrogens is 2. The number of aromatic amines is 1. The van der Waals surface area contributed by atoms with Gasteiger partial charge in [-0.1, -0.05) is 19.6 Å². The number of H-pyrrole nitrogens is 1. The normalized spacial score (nSPS) is 13.0. The Hall–Kier alpha value is -1.65. The van der Waals surface area contributed by atoms with E-state index in [1.54, 1.807) is 0 Å². The summed E-state index contributed by atoms with van der Waals surface area (Å²) < 4.78 is 5.44. The molecule has 1 aromatic rings. The molecule has 0 saturated heterocycles. The average molecular weight is 267 g/mol.